The van der Waals surface area contributed by atoms with Crippen LogP contribution in [0.3, 0.4) is 0 Å². The first-order valence-corrected chi connectivity index (χ1v) is 3.41. The first-order chi connectivity index (χ1) is 5.86. The number of hydrogen-bond donors (Lipinski definition) is 1. The maximum Gasteiger partial charge on any atom is 0.214 e. The van der Waals surface area contributed by atoms with Gasteiger partial charge in [-0.25, -0.2) is 4.98 Å². The molecule has 0 spiro atoms. The molecule has 2 aromatic rings. The zero-order chi connectivity index (χ0) is 8.39. The lowest BCUT2D eigenvalue weighted by molar-refractivity contribution is 0.453. The largest absolute Gasteiger partial charge is 0.493 e. The van der Waals surface area contributed by atoms with E-state index in [0.717, 1.165) is 5.56 Å². The zero-order valence-corrected chi connectivity index (χ0v) is 7.36. The molecule has 0 saturated heterocycles. The molecule has 0 aliphatic carbocycles. The summed E-state index contributed by atoms with van der Waals surface area (Å²) in [5.41, 5.74) is 0.755. The van der Waals surface area contributed by atoms with E-state index in [2.05, 4.69) is 9.97 Å². The quantitative estimate of drug-likeness (QED) is 0.760. The standard InChI is InChI=1S/C8H6N2O2.ClH/c11-7-1-3-9-8(10-7)6-2-4-12-5-6;/h1-5H,(H,9,10,11);1H. The Morgan fingerprint density at radius 1 is 1.31 bits per heavy atom. The molecule has 0 aromatic carbocycles. The topological polar surface area (TPSA) is 59.2 Å². The molecule has 0 unspecified atom stereocenters. The first kappa shape index (κ1) is 9.54. The number of nitrogens with zero attached hydrogens (tertiary/aromatic N) is 2. The fourth-order valence-electron chi connectivity index (χ4n) is 0.880. The second-order valence-electron chi connectivity index (χ2n) is 2.25. The smallest absolute Gasteiger partial charge is 0.214 e. The van der Waals surface area contributed by atoms with Gasteiger partial charge in [-0.05, 0) is 6.07 Å². The van der Waals surface area contributed by atoms with Crippen molar-refractivity contribution in [1.82, 2.24) is 9.97 Å². The zero-order valence-electron chi connectivity index (χ0n) is 6.54. The fourth-order valence-corrected chi connectivity index (χ4v) is 0.880. The number of halogens is 1. The predicted octanol–water partition coefficient (Wildman–Crippen LogP) is 1.86. The molecule has 2 rings (SSSR count). The SMILES string of the molecule is Cl.Oc1ccnc(-c2ccoc2)n1. The molecule has 0 bridgehead atoms. The Kier molecular flexibility index (Phi) is 2.87. The van der Waals surface area contributed by atoms with E-state index < -0.39 is 0 Å². The summed E-state index contributed by atoms with van der Waals surface area (Å²) in [5.74, 6) is 0.421. The predicted molar refractivity (Wildman–Crippen MR) is 48.6 cm³/mol. The van der Waals surface area contributed by atoms with Gasteiger partial charge in [0.15, 0.2) is 5.82 Å². The number of aromatic hydroxyl groups is 1. The molecule has 4 nitrogen and oxygen atoms in total. The minimum Gasteiger partial charge on any atom is -0.493 e. The van der Waals surface area contributed by atoms with E-state index in [9.17, 15) is 0 Å². The van der Waals surface area contributed by atoms with Crippen LogP contribution in [0.1, 0.15) is 0 Å². The second kappa shape index (κ2) is 3.91. The van der Waals surface area contributed by atoms with Crippen molar-refractivity contribution in [2.75, 3.05) is 0 Å². The van der Waals surface area contributed by atoms with Crippen LogP contribution in [0, 0.1) is 0 Å². The van der Waals surface area contributed by atoms with Crippen molar-refractivity contribution in [2.24, 2.45) is 0 Å². The molecule has 2 aromatic heterocycles. The highest BCUT2D eigenvalue weighted by Crippen LogP contribution is 2.16. The van der Waals surface area contributed by atoms with Gasteiger partial charge in [0.2, 0.25) is 5.88 Å². The van der Waals surface area contributed by atoms with Crippen LogP contribution in [0.15, 0.2) is 35.3 Å². The van der Waals surface area contributed by atoms with Gasteiger partial charge in [-0.1, -0.05) is 0 Å². The highest BCUT2D eigenvalue weighted by molar-refractivity contribution is 5.85. The van der Waals surface area contributed by atoms with Crippen LogP contribution in [0.5, 0.6) is 5.88 Å². The van der Waals surface area contributed by atoms with Gasteiger partial charge in [-0.15, -0.1) is 12.4 Å². The molecule has 0 amide bonds. The van der Waals surface area contributed by atoms with E-state index in [1.165, 1.54) is 24.8 Å². The van der Waals surface area contributed by atoms with Crippen LogP contribution in [0.4, 0.5) is 0 Å². The lowest BCUT2D eigenvalue weighted by Gasteiger charge is -1.93. The third-order valence-corrected chi connectivity index (χ3v) is 1.42. The molecule has 5 heteroatoms. The van der Waals surface area contributed by atoms with Crippen molar-refractivity contribution in [3.8, 4) is 17.3 Å². The lowest BCUT2D eigenvalue weighted by atomic mass is 10.3. The molecule has 2 heterocycles. The average Bonchev–Trinajstić information content (AvgIpc) is 2.56. The van der Waals surface area contributed by atoms with Gasteiger partial charge in [0, 0.05) is 12.3 Å². The van der Waals surface area contributed by atoms with E-state index >= 15 is 0 Å². The van der Waals surface area contributed by atoms with Crippen LogP contribution in [-0.4, -0.2) is 15.1 Å². The number of rotatable bonds is 1. The molecule has 1 N–H and O–H groups in total. The third-order valence-electron chi connectivity index (χ3n) is 1.42. The Morgan fingerprint density at radius 2 is 2.15 bits per heavy atom. The van der Waals surface area contributed by atoms with Crippen LogP contribution < -0.4 is 0 Å². The highest BCUT2D eigenvalue weighted by Gasteiger charge is 2.01. The number of aromatic nitrogens is 2. The monoisotopic (exact) mass is 198 g/mol. The average molecular weight is 199 g/mol. The van der Waals surface area contributed by atoms with Crippen molar-refractivity contribution >= 4 is 12.4 Å². The van der Waals surface area contributed by atoms with Crippen LogP contribution in [0.25, 0.3) is 11.4 Å². The van der Waals surface area contributed by atoms with Gasteiger partial charge < -0.3 is 9.52 Å². The summed E-state index contributed by atoms with van der Waals surface area (Å²) in [4.78, 5) is 7.75. The maximum atomic E-state index is 9.03. The Labute approximate surface area is 80.7 Å². The molecule has 0 atom stereocenters. The molecule has 0 fully saturated rings. The lowest BCUT2D eigenvalue weighted by Crippen LogP contribution is -1.84. The van der Waals surface area contributed by atoms with Gasteiger partial charge in [0.25, 0.3) is 0 Å². The first-order valence-electron chi connectivity index (χ1n) is 3.41. The molecular formula is C8H7ClN2O2. The summed E-state index contributed by atoms with van der Waals surface area (Å²) in [6, 6.07) is 3.15. The van der Waals surface area contributed by atoms with Crippen molar-refractivity contribution < 1.29 is 9.52 Å². The molecule has 0 aliphatic rings. The summed E-state index contributed by atoms with van der Waals surface area (Å²) in [7, 11) is 0. The summed E-state index contributed by atoms with van der Waals surface area (Å²) < 4.78 is 4.85. The van der Waals surface area contributed by atoms with Crippen molar-refractivity contribution in [3.05, 3.63) is 30.9 Å². The fraction of sp³-hybridized carbons (Fsp3) is 0. The van der Waals surface area contributed by atoms with Gasteiger partial charge in [0.1, 0.15) is 6.26 Å². The Hall–Kier alpha value is -1.55. The normalized spacial score (nSPS) is 9.23. The van der Waals surface area contributed by atoms with Gasteiger partial charge in [-0.3, -0.25) is 0 Å². The van der Waals surface area contributed by atoms with Gasteiger partial charge in [-0.2, -0.15) is 4.98 Å². The van der Waals surface area contributed by atoms with Crippen LogP contribution in [0.2, 0.25) is 0 Å². The van der Waals surface area contributed by atoms with Crippen LogP contribution >= 0.6 is 12.4 Å². The molecule has 13 heavy (non-hydrogen) atoms. The van der Waals surface area contributed by atoms with E-state index in [-0.39, 0.29) is 18.3 Å². The molecular weight excluding hydrogens is 192 g/mol. The Bertz CT molecular complexity index is 375. The maximum absolute atomic E-state index is 9.03. The second-order valence-corrected chi connectivity index (χ2v) is 2.25. The van der Waals surface area contributed by atoms with E-state index in [4.69, 9.17) is 9.52 Å². The Balaban J connectivity index is 0.000000845. The van der Waals surface area contributed by atoms with Gasteiger partial charge in [0.05, 0.1) is 11.8 Å². The summed E-state index contributed by atoms with van der Waals surface area (Å²) in [5, 5.41) is 9.03. The van der Waals surface area contributed by atoms with Gasteiger partial charge >= 0.3 is 0 Å². The van der Waals surface area contributed by atoms with Crippen LogP contribution in [-0.2, 0) is 0 Å². The van der Waals surface area contributed by atoms with E-state index in [0.29, 0.717) is 5.82 Å². The highest BCUT2D eigenvalue weighted by atomic mass is 35.5. The number of hydrogen-bond acceptors (Lipinski definition) is 4. The van der Waals surface area contributed by atoms with Crippen molar-refractivity contribution in [3.63, 3.8) is 0 Å². The third kappa shape index (κ3) is 1.97. The molecule has 0 saturated carbocycles. The minimum atomic E-state index is -0.0406. The summed E-state index contributed by atoms with van der Waals surface area (Å²) >= 11 is 0. The Morgan fingerprint density at radius 3 is 2.77 bits per heavy atom. The summed E-state index contributed by atoms with van der Waals surface area (Å²) in [6.45, 7) is 0. The van der Waals surface area contributed by atoms with Crippen molar-refractivity contribution in [2.45, 2.75) is 0 Å². The number of furan rings is 1. The molecule has 0 radical (unpaired) electrons. The van der Waals surface area contributed by atoms with E-state index in [1.807, 2.05) is 0 Å². The molecule has 68 valence electrons. The molecule has 0 aliphatic heterocycles. The summed E-state index contributed by atoms with van der Waals surface area (Å²) in [6.07, 6.45) is 4.54. The van der Waals surface area contributed by atoms with Crippen molar-refractivity contribution in [1.29, 1.82) is 0 Å². The minimum absolute atomic E-state index is 0. The van der Waals surface area contributed by atoms with E-state index in [1.54, 1.807) is 6.07 Å².